The summed E-state index contributed by atoms with van der Waals surface area (Å²) in [7, 11) is 0. The summed E-state index contributed by atoms with van der Waals surface area (Å²) in [5.41, 5.74) is 7.95. The molecule has 0 aliphatic rings. The van der Waals surface area contributed by atoms with Crippen LogP contribution in [0.4, 0.5) is 5.69 Å². The molecule has 0 amide bonds. The van der Waals surface area contributed by atoms with Crippen molar-refractivity contribution in [3.8, 4) is 16.1 Å². The summed E-state index contributed by atoms with van der Waals surface area (Å²) in [6, 6.07) is 12.7. The minimum atomic E-state index is -0.812. The maximum absolute atomic E-state index is 13.6. The zero-order valence-corrected chi connectivity index (χ0v) is 20.1. The molecule has 0 aliphatic heterocycles. The third kappa shape index (κ3) is 3.39. The predicted molar refractivity (Wildman–Crippen MR) is 131 cm³/mol. The van der Waals surface area contributed by atoms with E-state index in [9.17, 15) is 14.4 Å². The van der Waals surface area contributed by atoms with E-state index in [2.05, 4.69) is 10.3 Å². The predicted octanol–water partition coefficient (Wildman–Crippen LogP) is 4.22. The van der Waals surface area contributed by atoms with E-state index in [1.807, 2.05) is 25.1 Å². The van der Waals surface area contributed by atoms with Crippen molar-refractivity contribution in [2.24, 2.45) is 0 Å². The lowest BCUT2D eigenvalue weighted by molar-refractivity contribution is -0.672. The van der Waals surface area contributed by atoms with Crippen LogP contribution in [-0.4, -0.2) is 21.8 Å². The van der Waals surface area contributed by atoms with Gasteiger partial charge in [0.1, 0.15) is 9.71 Å². The number of ketones is 2. The van der Waals surface area contributed by atoms with Gasteiger partial charge >= 0.3 is 11.3 Å². The number of hydrogen-bond donors (Lipinski definition) is 2. The maximum atomic E-state index is 13.6. The molecule has 0 saturated carbocycles. The van der Waals surface area contributed by atoms with Gasteiger partial charge in [-0.05, 0) is 42.9 Å². The van der Waals surface area contributed by atoms with Crippen LogP contribution < -0.4 is 16.0 Å². The Morgan fingerprint density at radius 2 is 1.82 bits per heavy atom. The number of Topliss-reactive ketones (excluding diaryl/α,β-unsaturated/α-hetero) is 1. The van der Waals surface area contributed by atoms with Crippen molar-refractivity contribution in [1.82, 2.24) is 10.3 Å². The third-order valence-electron chi connectivity index (χ3n) is 5.48. The first-order valence-electron chi connectivity index (χ1n) is 10.3. The van der Waals surface area contributed by atoms with Crippen molar-refractivity contribution in [3.05, 3.63) is 79.6 Å². The number of thiophene rings is 2. The number of carbonyl (C=O) groups excluding carboxylic acids is 2. The minimum Gasteiger partial charge on any atom is -0.397 e. The van der Waals surface area contributed by atoms with Crippen molar-refractivity contribution in [2.75, 3.05) is 5.73 Å². The fraction of sp³-hybridized carbons (Fsp3) is 0.125. The number of aryl methyl sites for hydroxylation is 2. The number of nitrogens with two attached hydrogens (primary N) is 1. The first-order valence-corrected chi connectivity index (χ1v) is 11.9. The number of aromatic amines is 1. The number of fused-ring (bicyclic) bond motifs is 1. The quantitative estimate of drug-likeness (QED) is 0.280. The van der Waals surface area contributed by atoms with Crippen molar-refractivity contribution >= 4 is 50.1 Å². The number of nitrogens with zero attached hydrogens (tertiary/aromatic N) is 2. The number of aromatic nitrogens is 3. The van der Waals surface area contributed by atoms with Crippen molar-refractivity contribution in [1.29, 1.82) is 0 Å². The normalized spacial score (nSPS) is 11.3. The smallest absolute Gasteiger partial charge is 0.397 e. The molecule has 170 valence electrons. The molecule has 0 unspecified atom stereocenters. The molecular formula is C24H19N4O4S2+. The van der Waals surface area contributed by atoms with Crippen LogP contribution >= 0.6 is 22.7 Å². The lowest BCUT2D eigenvalue weighted by Crippen LogP contribution is -2.41. The number of nitrogen functional groups attached to an aromatic ring is 1. The Kier molecular flexibility index (Phi) is 5.26. The van der Waals surface area contributed by atoms with Crippen LogP contribution in [0.1, 0.15) is 43.2 Å². The lowest BCUT2D eigenvalue weighted by Gasteiger charge is -2.11. The highest BCUT2D eigenvalue weighted by Gasteiger charge is 2.35. The molecule has 0 saturated heterocycles. The van der Waals surface area contributed by atoms with E-state index in [0.717, 1.165) is 21.1 Å². The van der Waals surface area contributed by atoms with Crippen LogP contribution in [0.5, 0.6) is 0 Å². The van der Waals surface area contributed by atoms with Gasteiger partial charge in [-0.2, -0.15) is 0 Å². The van der Waals surface area contributed by atoms with E-state index in [1.54, 1.807) is 31.2 Å². The van der Waals surface area contributed by atoms with Crippen LogP contribution in [-0.2, 0) is 0 Å². The summed E-state index contributed by atoms with van der Waals surface area (Å²) >= 11 is 2.63. The van der Waals surface area contributed by atoms with Gasteiger partial charge in [0.2, 0.25) is 5.69 Å². The molecule has 0 radical (unpaired) electrons. The van der Waals surface area contributed by atoms with Gasteiger partial charge in [0, 0.05) is 38.4 Å². The highest BCUT2D eigenvalue weighted by Crippen LogP contribution is 2.44. The average Bonchev–Trinajstić information content (AvgIpc) is 3.50. The fourth-order valence-corrected chi connectivity index (χ4v) is 6.03. The third-order valence-corrected chi connectivity index (χ3v) is 7.60. The number of carbonyl (C=O) groups is 2. The molecule has 4 aromatic heterocycles. The monoisotopic (exact) mass is 491 g/mol. The molecule has 0 aliphatic carbocycles. The Hall–Kier alpha value is -3.89. The van der Waals surface area contributed by atoms with Gasteiger partial charge in [-0.25, -0.2) is 9.78 Å². The summed E-state index contributed by atoms with van der Waals surface area (Å²) in [5, 5.41) is 3.02. The van der Waals surface area contributed by atoms with E-state index in [1.165, 1.54) is 22.9 Å². The Morgan fingerprint density at radius 3 is 2.47 bits per heavy atom. The second-order valence-electron chi connectivity index (χ2n) is 7.77. The number of rotatable bonds is 5. The Morgan fingerprint density at radius 1 is 1.09 bits per heavy atom. The standard InChI is InChI=1S/C24H18N4O4S2/c1-11-9-10-15(33-11)17-16(13(3)29)12(2)26-23-18(17)19(25)22(34-23)21(30)20-24(31)32-27-28(20)14-7-5-4-6-8-14/h4-10H,1-3H3,(H2-,25,27,30,31)/p+1. The van der Waals surface area contributed by atoms with Gasteiger partial charge in [-0.15, -0.1) is 22.7 Å². The van der Waals surface area contributed by atoms with Crippen molar-refractivity contribution in [3.63, 3.8) is 0 Å². The first-order chi connectivity index (χ1) is 16.3. The lowest BCUT2D eigenvalue weighted by atomic mass is 9.98. The summed E-state index contributed by atoms with van der Waals surface area (Å²) in [5.74, 6) is -0.727. The van der Waals surface area contributed by atoms with Crippen molar-refractivity contribution < 1.29 is 18.8 Å². The molecule has 34 heavy (non-hydrogen) atoms. The van der Waals surface area contributed by atoms with E-state index < -0.39 is 11.4 Å². The maximum Gasteiger partial charge on any atom is 0.439 e. The Labute approximate surface area is 201 Å². The molecule has 0 atom stereocenters. The molecule has 5 aromatic rings. The van der Waals surface area contributed by atoms with Gasteiger partial charge in [-0.3, -0.25) is 14.1 Å². The second kappa shape index (κ2) is 8.15. The Balaban J connectivity index is 1.78. The summed E-state index contributed by atoms with van der Waals surface area (Å²) in [6.45, 7) is 5.23. The van der Waals surface area contributed by atoms with E-state index in [0.29, 0.717) is 32.7 Å². The molecular weight excluding hydrogens is 472 g/mol. The van der Waals surface area contributed by atoms with Crippen LogP contribution in [0.3, 0.4) is 0 Å². The minimum absolute atomic E-state index is 0.139. The summed E-state index contributed by atoms with van der Waals surface area (Å²) in [4.78, 5) is 45.9. The van der Waals surface area contributed by atoms with Crippen LogP contribution in [0.15, 0.2) is 51.8 Å². The molecule has 1 aromatic carbocycles. The highest BCUT2D eigenvalue weighted by molar-refractivity contribution is 7.21. The summed E-state index contributed by atoms with van der Waals surface area (Å²) < 4.78 is 6.23. The van der Waals surface area contributed by atoms with Gasteiger partial charge in [0.05, 0.1) is 11.4 Å². The van der Waals surface area contributed by atoms with Gasteiger partial charge < -0.3 is 5.73 Å². The zero-order valence-electron chi connectivity index (χ0n) is 18.5. The topological polar surface area (TPSA) is 123 Å². The molecule has 0 fully saturated rings. The van der Waals surface area contributed by atoms with Crippen molar-refractivity contribution in [2.45, 2.75) is 20.8 Å². The average molecular weight is 492 g/mol. The summed E-state index contributed by atoms with van der Waals surface area (Å²) in [6.07, 6.45) is 0. The fourth-order valence-electron chi connectivity index (χ4n) is 4.01. The molecule has 3 N–H and O–H groups in total. The number of hydrogen-bond acceptors (Lipinski definition) is 8. The van der Waals surface area contributed by atoms with E-state index >= 15 is 0 Å². The molecule has 8 nitrogen and oxygen atoms in total. The molecule has 0 spiro atoms. The number of para-hydroxylation sites is 1. The zero-order chi connectivity index (χ0) is 24.1. The number of H-pyrrole nitrogens is 1. The second-order valence-corrected chi connectivity index (χ2v) is 10.1. The molecule has 10 heteroatoms. The van der Waals surface area contributed by atoms with E-state index in [4.69, 9.17) is 10.3 Å². The largest absolute Gasteiger partial charge is 0.439 e. The number of benzene rings is 1. The number of anilines is 1. The SMILES string of the molecule is CC(=O)c1c(C)nc2sc(C(=O)c3c(=O)o[nH][n+]3-c3ccccc3)c(N)c2c1-c1ccc(C)s1. The van der Waals surface area contributed by atoms with E-state index in [-0.39, 0.29) is 22.0 Å². The number of nitrogens with one attached hydrogen (secondary N) is 1. The first kappa shape index (κ1) is 21.9. The molecule has 0 bridgehead atoms. The van der Waals surface area contributed by atoms with Crippen LogP contribution in [0.25, 0.3) is 26.3 Å². The van der Waals surface area contributed by atoms with Gasteiger partial charge in [0.15, 0.2) is 5.78 Å². The van der Waals surface area contributed by atoms with Gasteiger partial charge in [-0.1, -0.05) is 18.2 Å². The van der Waals surface area contributed by atoms with Crippen LogP contribution in [0, 0.1) is 13.8 Å². The molecule has 5 rings (SSSR count). The molecule has 4 heterocycles. The Bertz CT molecular complexity index is 1660. The highest BCUT2D eigenvalue weighted by atomic mass is 32.1. The van der Waals surface area contributed by atoms with Gasteiger partial charge in [0.25, 0.3) is 5.78 Å². The van der Waals surface area contributed by atoms with Crippen LogP contribution in [0.2, 0.25) is 0 Å². The number of pyridine rings is 1.